The molecule has 1 saturated heterocycles. The molecule has 0 bridgehead atoms. The van der Waals surface area contributed by atoms with Crippen LogP contribution >= 0.6 is 0 Å². The predicted molar refractivity (Wildman–Crippen MR) is 76.7 cm³/mol. The molecule has 108 valence electrons. The van der Waals surface area contributed by atoms with Gasteiger partial charge in [-0.3, -0.25) is 9.59 Å². The first kappa shape index (κ1) is 14.5. The molecule has 0 radical (unpaired) electrons. The molecule has 1 heterocycles. The normalized spacial score (nSPS) is 15.6. The monoisotopic (exact) mass is 276 g/mol. The van der Waals surface area contributed by atoms with Crippen LogP contribution in [-0.4, -0.2) is 35.6 Å². The molecule has 5 nitrogen and oxygen atoms in total. The van der Waals surface area contributed by atoms with E-state index in [4.69, 9.17) is 0 Å². The molecule has 2 amide bonds. The Bertz CT molecular complexity index is 526. The number of nitrogens with zero attached hydrogens (tertiary/aromatic N) is 1. The van der Waals surface area contributed by atoms with Crippen molar-refractivity contribution in [1.82, 2.24) is 5.32 Å². The van der Waals surface area contributed by atoms with E-state index in [0.717, 1.165) is 12.1 Å². The topological polar surface area (TPSA) is 69.6 Å². The molecule has 1 aromatic carbocycles. The Morgan fingerprint density at radius 2 is 2.20 bits per heavy atom. The van der Waals surface area contributed by atoms with Crippen LogP contribution in [0.5, 0.6) is 0 Å². The highest BCUT2D eigenvalue weighted by Crippen LogP contribution is 2.22. The second-order valence-electron chi connectivity index (χ2n) is 5.70. The summed E-state index contributed by atoms with van der Waals surface area (Å²) in [4.78, 5) is 25.6. The van der Waals surface area contributed by atoms with Crippen molar-refractivity contribution in [3.05, 3.63) is 29.8 Å². The van der Waals surface area contributed by atoms with E-state index in [1.54, 1.807) is 36.9 Å². The molecule has 1 fully saturated rings. The second kappa shape index (κ2) is 5.63. The molecule has 1 aromatic rings. The number of hydrogen-bond donors (Lipinski definition) is 2. The van der Waals surface area contributed by atoms with Crippen LogP contribution in [-0.2, 0) is 4.79 Å². The fraction of sp³-hybridized carbons (Fsp3) is 0.467. The van der Waals surface area contributed by atoms with Gasteiger partial charge in [-0.1, -0.05) is 6.07 Å². The first-order valence-electron chi connectivity index (χ1n) is 6.77. The Balaban J connectivity index is 2.17. The smallest absolute Gasteiger partial charge is 0.251 e. The Morgan fingerprint density at radius 1 is 1.45 bits per heavy atom. The summed E-state index contributed by atoms with van der Waals surface area (Å²) in [7, 11) is 0. The fourth-order valence-corrected chi connectivity index (χ4v) is 2.16. The Kier molecular flexibility index (Phi) is 4.09. The quantitative estimate of drug-likeness (QED) is 0.871. The number of rotatable bonds is 4. The van der Waals surface area contributed by atoms with E-state index in [1.807, 2.05) is 6.07 Å². The molecule has 0 aliphatic carbocycles. The van der Waals surface area contributed by atoms with E-state index in [2.05, 4.69) is 5.32 Å². The van der Waals surface area contributed by atoms with E-state index in [9.17, 15) is 14.7 Å². The number of carbonyl (C=O) groups excluding carboxylic acids is 2. The maximum Gasteiger partial charge on any atom is 0.251 e. The third-order valence-electron chi connectivity index (χ3n) is 3.34. The second-order valence-corrected chi connectivity index (χ2v) is 5.70. The van der Waals surface area contributed by atoms with Crippen molar-refractivity contribution in [2.45, 2.75) is 32.2 Å². The van der Waals surface area contributed by atoms with Gasteiger partial charge in [0.2, 0.25) is 5.91 Å². The Hall–Kier alpha value is -1.88. The van der Waals surface area contributed by atoms with Crippen molar-refractivity contribution in [2.24, 2.45) is 0 Å². The number of anilines is 1. The molecular formula is C15H20N2O3. The van der Waals surface area contributed by atoms with Crippen LogP contribution in [0, 0.1) is 0 Å². The summed E-state index contributed by atoms with van der Waals surface area (Å²) in [6.45, 7) is 4.06. The van der Waals surface area contributed by atoms with Crippen LogP contribution in [0.2, 0.25) is 0 Å². The molecule has 0 spiro atoms. The standard InChI is InChI=1S/C15H20N2O3/c1-15(2,10-18)16-14(20)11-5-3-6-12(9-11)17-8-4-7-13(17)19/h3,5-6,9,18H,4,7-8,10H2,1-2H3,(H,16,20). The molecule has 5 heteroatoms. The van der Waals surface area contributed by atoms with E-state index >= 15 is 0 Å². The maximum absolute atomic E-state index is 12.1. The zero-order valence-electron chi connectivity index (χ0n) is 11.8. The summed E-state index contributed by atoms with van der Waals surface area (Å²) in [5.41, 5.74) is 0.571. The molecular weight excluding hydrogens is 256 g/mol. The summed E-state index contributed by atoms with van der Waals surface area (Å²) < 4.78 is 0. The maximum atomic E-state index is 12.1. The molecule has 1 aliphatic rings. The van der Waals surface area contributed by atoms with Crippen molar-refractivity contribution in [2.75, 3.05) is 18.1 Å². The van der Waals surface area contributed by atoms with Gasteiger partial charge in [0.25, 0.3) is 5.91 Å². The minimum atomic E-state index is -0.670. The molecule has 1 aliphatic heterocycles. The first-order chi connectivity index (χ1) is 9.43. The first-order valence-corrected chi connectivity index (χ1v) is 6.77. The van der Waals surface area contributed by atoms with Crippen LogP contribution in [0.3, 0.4) is 0 Å². The highest BCUT2D eigenvalue weighted by atomic mass is 16.3. The van der Waals surface area contributed by atoms with Crippen molar-refractivity contribution in [3.8, 4) is 0 Å². The number of amides is 2. The van der Waals surface area contributed by atoms with Gasteiger partial charge in [0.1, 0.15) is 0 Å². The Labute approximate surface area is 118 Å². The van der Waals surface area contributed by atoms with Crippen molar-refractivity contribution < 1.29 is 14.7 Å². The number of hydrogen-bond acceptors (Lipinski definition) is 3. The van der Waals surface area contributed by atoms with Crippen LogP contribution < -0.4 is 10.2 Å². The summed E-state index contributed by atoms with van der Waals surface area (Å²) in [5.74, 6) is -0.157. The SMILES string of the molecule is CC(C)(CO)NC(=O)c1cccc(N2CCCC2=O)c1. The van der Waals surface area contributed by atoms with Gasteiger partial charge in [-0.05, 0) is 38.5 Å². The van der Waals surface area contributed by atoms with Crippen molar-refractivity contribution in [3.63, 3.8) is 0 Å². The zero-order chi connectivity index (χ0) is 14.8. The van der Waals surface area contributed by atoms with Gasteiger partial charge >= 0.3 is 0 Å². The van der Waals surface area contributed by atoms with Gasteiger partial charge in [0.05, 0.1) is 12.1 Å². The van der Waals surface area contributed by atoms with Gasteiger partial charge < -0.3 is 15.3 Å². The molecule has 20 heavy (non-hydrogen) atoms. The number of nitrogens with one attached hydrogen (secondary N) is 1. The van der Waals surface area contributed by atoms with E-state index < -0.39 is 5.54 Å². The number of carbonyl (C=O) groups is 2. The van der Waals surface area contributed by atoms with Gasteiger partial charge in [-0.25, -0.2) is 0 Å². The summed E-state index contributed by atoms with van der Waals surface area (Å²) >= 11 is 0. The van der Waals surface area contributed by atoms with Crippen LogP contribution in [0.15, 0.2) is 24.3 Å². The highest BCUT2D eigenvalue weighted by molar-refractivity contribution is 5.99. The third kappa shape index (κ3) is 3.17. The Morgan fingerprint density at radius 3 is 2.80 bits per heavy atom. The number of benzene rings is 1. The van der Waals surface area contributed by atoms with Crippen LogP contribution in [0.25, 0.3) is 0 Å². The highest BCUT2D eigenvalue weighted by Gasteiger charge is 2.23. The van der Waals surface area contributed by atoms with E-state index in [1.165, 1.54) is 0 Å². The largest absolute Gasteiger partial charge is 0.394 e. The summed E-state index contributed by atoms with van der Waals surface area (Å²) in [5, 5.41) is 11.9. The third-order valence-corrected chi connectivity index (χ3v) is 3.34. The molecule has 0 unspecified atom stereocenters. The lowest BCUT2D eigenvalue weighted by Gasteiger charge is -2.24. The average Bonchev–Trinajstić information content (AvgIpc) is 2.85. The van der Waals surface area contributed by atoms with Gasteiger partial charge in [-0.15, -0.1) is 0 Å². The van der Waals surface area contributed by atoms with Crippen molar-refractivity contribution in [1.29, 1.82) is 0 Å². The summed E-state index contributed by atoms with van der Waals surface area (Å²) in [6, 6.07) is 7.01. The fourth-order valence-electron chi connectivity index (χ4n) is 2.16. The van der Waals surface area contributed by atoms with E-state index in [0.29, 0.717) is 18.5 Å². The molecule has 0 saturated carbocycles. The molecule has 2 N–H and O–H groups in total. The lowest BCUT2D eigenvalue weighted by atomic mass is 10.1. The number of aliphatic hydroxyl groups is 1. The minimum Gasteiger partial charge on any atom is -0.394 e. The van der Waals surface area contributed by atoms with Gasteiger partial charge in [0, 0.05) is 24.2 Å². The zero-order valence-corrected chi connectivity index (χ0v) is 11.8. The summed E-state index contributed by atoms with van der Waals surface area (Å²) in [6.07, 6.45) is 1.42. The molecule has 0 atom stereocenters. The van der Waals surface area contributed by atoms with Crippen molar-refractivity contribution >= 4 is 17.5 Å². The minimum absolute atomic E-state index is 0.0956. The van der Waals surface area contributed by atoms with Gasteiger partial charge in [-0.2, -0.15) is 0 Å². The number of aliphatic hydroxyl groups excluding tert-OH is 1. The van der Waals surface area contributed by atoms with Crippen LogP contribution in [0.4, 0.5) is 5.69 Å². The lowest BCUT2D eigenvalue weighted by Crippen LogP contribution is -2.46. The van der Waals surface area contributed by atoms with Gasteiger partial charge in [0.15, 0.2) is 0 Å². The van der Waals surface area contributed by atoms with Crippen LogP contribution in [0.1, 0.15) is 37.0 Å². The molecule has 0 aromatic heterocycles. The average molecular weight is 276 g/mol. The molecule has 2 rings (SSSR count). The van der Waals surface area contributed by atoms with E-state index in [-0.39, 0.29) is 18.4 Å². The lowest BCUT2D eigenvalue weighted by molar-refractivity contribution is -0.117. The predicted octanol–water partition coefficient (Wildman–Crippen LogP) is 1.31.